The Bertz CT molecular complexity index is 398. The number of halogens is 1. The van der Waals surface area contributed by atoms with Crippen LogP contribution < -0.4 is 0 Å². The molecular weight excluding hydrogens is 456 g/mol. The summed E-state index contributed by atoms with van der Waals surface area (Å²) in [5.41, 5.74) is 0. The highest BCUT2D eigenvalue weighted by atomic mass is 79.9. The first-order chi connectivity index (χ1) is 15.1. The van der Waals surface area contributed by atoms with E-state index in [0.29, 0.717) is 6.42 Å². The Kier molecular flexibility index (Phi) is 23.6. The molecule has 0 aromatic rings. The van der Waals surface area contributed by atoms with Gasteiger partial charge in [0.1, 0.15) is 0 Å². The highest BCUT2D eigenvalue weighted by molar-refractivity contribution is 9.09. The van der Waals surface area contributed by atoms with Crippen molar-refractivity contribution in [2.45, 2.75) is 141 Å². The Morgan fingerprint density at radius 2 is 0.935 bits per heavy atom. The van der Waals surface area contributed by atoms with Gasteiger partial charge in [-0.2, -0.15) is 0 Å². The minimum Gasteiger partial charge on any atom is -0.481 e. The molecule has 0 spiro atoms. The van der Waals surface area contributed by atoms with E-state index < -0.39 is 11.9 Å². The van der Waals surface area contributed by atoms with Crippen LogP contribution in [0.25, 0.3) is 0 Å². The number of rotatable bonds is 10. The highest BCUT2D eigenvalue weighted by Gasteiger charge is 2.16. The minimum atomic E-state index is -0.667. The SMILES string of the molecule is O=C(O)C1CCCCCCCCCCCCCC1.O=C(O)CCCCCCCCCBr. The van der Waals surface area contributed by atoms with Crippen molar-refractivity contribution in [3.63, 3.8) is 0 Å². The van der Waals surface area contributed by atoms with Crippen LogP contribution in [-0.2, 0) is 9.59 Å². The number of carboxylic acid groups (broad SMARTS) is 2. The van der Waals surface area contributed by atoms with Gasteiger partial charge in [0, 0.05) is 11.8 Å². The van der Waals surface area contributed by atoms with Crippen molar-refractivity contribution in [1.29, 1.82) is 0 Å². The van der Waals surface area contributed by atoms with Crippen LogP contribution >= 0.6 is 15.9 Å². The predicted molar refractivity (Wildman–Crippen MR) is 134 cm³/mol. The average molecular weight is 506 g/mol. The summed E-state index contributed by atoms with van der Waals surface area (Å²) in [6.45, 7) is 0. The third-order valence-electron chi connectivity index (χ3n) is 6.23. The number of unbranched alkanes of at least 4 members (excludes halogenated alkanes) is 6. The maximum absolute atomic E-state index is 11.1. The summed E-state index contributed by atoms with van der Waals surface area (Å²) in [6, 6.07) is 0. The fraction of sp³-hybridized carbons (Fsp3) is 0.923. The van der Waals surface area contributed by atoms with Crippen LogP contribution in [0.5, 0.6) is 0 Å². The lowest BCUT2D eigenvalue weighted by Crippen LogP contribution is -2.13. The molecule has 1 aliphatic rings. The molecule has 0 bridgehead atoms. The Morgan fingerprint density at radius 1 is 0.581 bits per heavy atom. The molecule has 0 heterocycles. The molecule has 4 nitrogen and oxygen atoms in total. The zero-order valence-electron chi connectivity index (χ0n) is 19.9. The highest BCUT2D eigenvalue weighted by Crippen LogP contribution is 2.20. The van der Waals surface area contributed by atoms with Crippen molar-refractivity contribution in [1.82, 2.24) is 0 Å². The number of alkyl halides is 1. The van der Waals surface area contributed by atoms with E-state index in [1.165, 1.54) is 96.3 Å². The number of hydrogen-bond acceptors (Lipinski definition) is 2. The second kappa shape index (κ2) is 24.1. The van der Waals surface area contributed by atoms with Crippen molar-refractivity contribution in [2.24, 2.45) is 5.92 Å². The fourth-order valence-corrected chi connectivity index (χ4v) is 4.59. The second-order valence-electron chi connectivity index (χ2n) is 9.16. The fourth-order valence-electron chi connectivity index (χ4n) is 4.20. The van der Waals surface area contributed by atoms with E-state index in [4.69, 9.17) is 5.11 Å². The van der Waals surface area contributed by atoms with Gasteiger partial charge in [-0.05, 0) is 25.7 Å². The molecule has 0 atom stereocenters. The van der Waals surface area contributed by atoms with Crippen molar-refractivity contribution in [3.8, 4) is 0 Å². The summed E-state index contributed by atoms with van der Waals surface area (Å²) in [4.78, 5) is 21.3. The Hall–Kier alpha value is -0.580. The van der Waals surface area contributed by atoms with Crippen LogP contribution in [0, 0.1) is 5.92 Å². The quantitative estimate of drug-likeness (QED) is 0.230. The maximum atomic E-state index is 11.1. The third-order valence-corrected chi connectivity index (χ3v) is 6.79. The van der Waals surface area contributed by atoms with Crippen LogP contribution in [0.1, 0.15) is 141 Å². The van der Waals surface area contributed by atoms with Gasteiger partial charge in [-0.1, -0.05) is 125 Å². The average Bonchev–Trinajstić information content (AvgIpc) is 2.75. The number of carbonyl (C=O) groups is 2. The molecule has 1 aliphatic carbocycles. The monoisotopic (exact) mass is 504 g/mol. The van der Waals surface area contributed by atoms with Crippen LogP contribution in [0.3, 0.4) is 0 Å². The van der Waals surface area contributed by atoms with Crippen LogP contribution in [-0.4, -0.2) is 27.5 Å². The number of carboxylic acids is 2. The summed E-state index contributed by atoms with van der Waals surface area (Å²) in [7, 11) is 0. The lowest BCUT2D eigenvalue weighted by molar-refractivity contribution is -0.142. The smallest absolute Gasteiger partial charge is 0.306 e. The molecular formula is C26H49BrO4. The molecule has 5 heteroatoms. The Balaban J connectivity index is 0.000000615. The van der Waals surface area contributed by atoms with Crippen molar-refractivity contribution < 1.29 is 19.8 Å². The first kappa shape index (κ1) is 30.4. The normalized spacial score (nSPS) is 17.6. The van der Waals surface area contributed by atoms with Crippen LogP contribution in [0.2, 0.25) is 0 Å². The van der Waals surface area contributed by atoms with E-state index in [9.17, 15) is 14.7 Å². The topological polar surface area (TPSA) is 74.6 Å². The van der Waals surface area contributed by atoms with E-state index in [0.717, 1.165) is 43.9 Å². The molecule has 1 rings (SSSR count). The van der Waals surface area contributed by atoms with Gasteiger partial charge in [0.05, 0.1) is 5.92 Å². The van der Waals surface area contributed by atoms with Crippen molar-refractivity contribution in [3.05, 3.63) is 0 Å². The van der Waals surface area contributed by atoms with Crippen molar-refractivity contribution in [2.75, 3.05) is 5.33 Å². The minimum absolute atomic E-state index is 0.0740. The van der Waals surface area contributed by atoms with Gasteiger partial charge < -0.3 is 10.2 Å². The molecule has 0 amide bonds. The lowest BCUT2D eigenvalue weighted by atomic mass is 9.94. The van der Waals surface area contributed by atoms with E-state index in [2.05, 4.69) is 15.9 Å². The molecule has 2 N–H and O–H groups in total. The molecule has 0 aliphatic heterocycles. The largest absolute Gasteiger partial charge is 0.481 e. The lowest BCUT2D eigenvalue weighted by Gasteiger charge is -2.11. The molecule has 184 valence electrons. The van der Waals surface area contributed by atoms with Gasteiger partial charge in [-0.15, -0.1) is 0 Å². The summed E-state index contributed by atoms with van der Waals surface area (Å²) >= 11 is 3.39. The van der Waals surface area contributed by atoms with E-state index >= 15 is 0 Å². The second-order valence-corrected chi connectivity index (χ2v) is 9.96. The van der Waals surface area contributed by atoms with E-state index in [1.54, 1.807) is 0 Å². The molecule has 0 saturated heterocycles. The zero-order chi connectivity index (χ0) is 23.0. The van der Waals surface area contributed by atoms with Gasteiger partial charge >= 0.3 is 11.9 Å². The maximum Gasteiger partial charge on any atom is 0.306 e. The molecule has 1 saturated carbocycles. The summed E-state index contributed by atoms with van der Waals surface area (Å²) in [5.74, 6) is -1.31. The predicted octanol–water partition coefficient (Wildman–Crippen LogP) is 8.75. The Morgan fingerprint density at radius 3 is 1.29 bits per heavy atom. The first-order valence-electron chi connectivity index (χ1n) is 13.1. The van der Waals surface area contributed by atoms with E-state index in [-0.39, 0.29) is 5.92 Å². The van der Waals surface area contributed by atoms with Gasteiger partial charge in [-0.25, -0.2) is 0 Å². The summed E-state index contributed by atoms with van der Waals surface area (Å²) in [6.07, 6.45) is 25.8. The molecule has 1 fully saturated rings. The Labute approximate surface area is 200 Å². The molecule has 0 aromatic heterocycles. The summed E-state index contributed by atoms with van der Waals surface area (Å²) in [5, 5.41) is 18.7. The van der Waals surface area contributed by atoms with Crippen LogP contribution in [0.4, 0.5) is 0 Å². The van der Waals surface area contributed by atoms with Crippen LogP contribution in [0.15, 0.2) is 0 Å². The first-order valence-corrected chi connectivity index (χ1v) is 14.2. The molecule has 0 radical (unpaired) electrons. The van der Waals surface area contributed by atoms with Gasteiger partial charge in [0.2, 0.25) is 0 Å². The molecule has 0 aromatic carbocycles. The summed E-state index contributed by atoms with van der Waals surface area (Å²) < 4.78 is 0. The molecule has 31 heavy (non-hydrogen) atoms. The number of hydrogen-bond donors (Lipinski definition) is 2. The zero-order valence-corrected chi connectivity index (χ0v) is 21.5. The van der Waals surface area contributed by atoms with E-state index in [1.807, 2.05) is 0 Å². The third kappa shape index (κ3) is 23.9. The standard InChI is InChI=1S/C16H30O2.C10H19BrO2/c17-16(18)15-13-11-9-7-5-3-1-2-4-6-8-10-12-14-15;11-9-7-5-3-1-2-4-6-8-10(12)13/h15H,1-14H2,(H,17,18);1-9H2,(H,12,13). The number of aliphatic carboxylic acids is 2. The van der Waals surface area contributed by atoms with Crippen molar-refractivity contribution >= 4 is 27.9 Å². The van der Waals surface area contributed by atoms with Gasteiger partial charge in [-0.3, -0.25) is 9.59 Å². The van der Waals surface area contributed by atoms with Gasteiger partial charge in [0.15, 0.2) is 0 Å². The van der Waals surface area contributed by atoms with Gasteiger partial charge in [0.25, 0.3) is 0 Å². The molecule has 0 unspecified atom stereocenters.